The van der Waals surface area contributed by atoms with Crippen LogP contribution in [0.25, 0.3) is 21.8 Å². The van der Waals surface area contributed by atoms with Crippen molar-refractivity contribution >= 4 is 33.3 Å². The minimum atomic E-state index is -0.0737. The summed E-state index contributed by atoms with van der Waals surface area (Å²) in [7, 11) is 0. The summed E-state index contributed by atoms with van der Waals surface area (Å²) in [6, 6.07) is 26.9. The average Bonchev–Trinajstić information content (AvgIpc) is 2.82. The van der Waals surface area contributed by atoms with Gasteiger partial charge in [0.25, 0.3) is 0 Å². The van der Waals surface area contributed by atoms with Gasteiger partial charge in [-0.05, 0) is 37.1 Å². The molecule has 5 aromatic rings. The molecule has 2 heterocycles. The normalized spacial score (nSPS) is 9.59. The molecule has 174 valence electrons. The number of ketones is 1. The van der Waals surface area contributed by atoms with Crippen LogP contribution in [-0.2, 0) is 17.1 Å². The maximum Gasteiger partial charge on any atom is 2.00 e. The van der Waals surface area contributed by atoms with Gasteiger partial charge in [-0.2, -0.15) is 0 Å². The van der Waals surface area contributed by atoms with Gasteiger partial charge in [-0.25, -0.2) is 4.98 Å². The second-order valence-corrected chi connectivity index (χ2v) is 7.41. The summed E-state index contributed by atoms with van der Waals surface area (Å²) in [4.78, 5) is 21.5. The van der Waals surface area contributed by atoms with Gasteiger partial charge in [-0.15, -0.1) is 0 Å². The summed E-state index contributed by atoms with van der Waals surface area (Å²) in [5.41, 5.74) is 11.6. The van der Waals surface area contributed by atoms with Crippen molar-refractivity contribution in [2.75, 3.05) is 5.73 Å². The number of rotatable bonds is 2. The van der Waals surface area contributed by atoms with Crippen LogP contribution in [0.5, 0.6) is 0 Å². The molecule has 5 rings (SSSR count). The number of pyridine rings is 2. The summed E-state index contributed by atoms with van der Waals surface area (Å²) in [6.07, 6.45) is 1.75. The van der Waals surface area contributed by atoms with Crippen molar-refractivity contribution in [3.8, 4) is 0 Å². The summed E-state index contributed by atoms with van der Waals surface area (Å²) < 4.78 is 0. The van der Waals surface area contributed by atoms with E-state index in [-0.39, 0.29) is 47.7 Å². The Morgan fingerprint density at radius 1 is 0.706 bits per heavy atom. The zero-order chi connectivity index (χ0) is 21.8. The van der Waals surface area contributed by atoms with Crippen LogP contribution in [0.15, 0.2) is 91.1 Å². The van der Waals surface area contributed by atoms with E-state index < -0.39 is 0 Å². The quantitative estimate of drug-likeness (QED) is 0.149. The van der Waals surface area contributed by atoms with Gasteiger partial charge < -0.3 is 30.5 Å². The third-order valence-corrected chi connectivity index (χ3v) is 5.24. The van der Waals surface area contributed by atoms with Crippen LogP contribution in [0.3, 0.4) is 0 Å². The monoisotopic (exact) mass is 531 g/mol. The maximum absolute atomic E-state index is 12.5. The Morgan fingerprint density at radius 2 is 1.29 bits per heavy atom. The molecule has 4 nitrogen and oxygen atoms in total. The first-order chi connectivity index (χ1) is 15.0. The van der Waals surface area contributed by atoms with E-state index in [1.165, 1.54) is 0 Å². The number of para-hydroxylation sites is 1. The molecule has 0 saturated heterocycles. The minimum absolute atomic E-state index is 0. The van der Waals surface area contributed by atoms with Crippen LogP contribution in [0.2, 0.25) is 0 Å². The standard InChI is InChI=1S/C19H12N2O.C8H11N.2ClH.Fe/c22-19(15-5-2-1-3-6-15)16-11-10-14-9-8-13-7-4-12-20-17(13)18(14)21-16;1-6-4-3-5-7(2)8(6)9;;;/h1-12H;3-5H,9H2,1-2H3;2*1H;/q;;;;+2/p-2. The second kappa shape index (κ2) is 13.1. The van der Waals surface area contributed by atoms with E-state index in [0.29, 0.717) is 11.3 Å². The van der Waals surface area contributed by atoms with Gasteiger partial charge in [0.2, 0.25) is 5.78 Å². The number of halogens is 2. The Labute approximate surface area is 222 Å². The molecular weight excluding hydrogens is 509 g/mol. The van der Waals surface area contributed by atoms with E-state index in [0.717, 1.165) is 38.6 Å². The van der Waals surface area contributed by atoms with Gasteiger partial charge >= 0.3 is 17.1 Å². The number of anilines is 1. The van der Waals surface area contributed by atoms with Crippen LogP contribution >= 0.6 is 0 Å². The van der Waals surface area contributed by atoms with E-state index in [9.17, 15) is 4.79 Å². The molecular formula is C27H23Cl2FeN3O. The molecule has 3 aromatic carbocycles. The third-order valence-electron chi connectivity index (χ3n) is 5.24. The zero-order valence-electron chi connectivity index (χ0n) is 18.6. The molecule has 0 aliphatic rings. The molecule has 0 radical (unpaired) electrons. The summed E-state index contributed by atoms with van der Waals surface area (Å²) in [5, 5.41) is 2.00. The number of hydrogen-bond donors (Lipinski definition) is 1. The molecule has 0 aliphatic carbocycles. The van der Waals surface area contributed by atoms with Gasteiger partial charge in [0.15, 0.2) is 0 Å². The first-order valence-electron chi connectivity index (χ1n) is 10.1. The second-order valence-electron chi connectivity index (χ2n) is 7.41. The van der Waals surface area contributed by atoms with E-state index in [1.54, 1.807) is 24.4 Å². The van der Waals surface area contributed by atoms with Crippen molar-refractivity contribution in [1.29, 1.82) is 0 Å². The minimum Gasteiger partial charge on any atom is -1.00 e. The van der Waals surface area contributed by atoms with Gasteiger partial charge in [-0.3, -0.25) is 9.78 Å². The van der Waals surface area contributed by atoms with Gasteiger partial charge in [-0.1, -0.05) is 72.8 Å². The number of carbonyl (C=O) groups excluding carboxylic acids is 1. The molecule has 0 aliphatic heterocycles. The largest absolute Gasteiger partial charge is 2.00 e. The fraction of sp³-hybridized carbons (Fsp3) is 0.0741. The predicted molar refractivity (Wildman–Crippen MR) is 127 cm³/mol. The summed E-state index contributed by atoms with van der Waals surface area (Å²) >= 11 is 0. The Kier molecular flexibility index (Phi) is 11.2. The van der Waals surface area contributed by atoms with Crippen molar-refractivity contribution in [2.45, 2.75) is 13.8 Å². The molecule has 34 heavy (non-hydrogen) atoms. The van der Waals surface area contributed by atoms with E-state index in [4.69, 9.17) is 5.73 Å². The van der Waals surface area contributed by atoms with Crippen LogP contribution in [0.4, 0.5) is 5.69 Å². The number of carbonyl (C=O) groups is 1. The number of fused-ring (bicyclic) bond motifs is 3. The predicted octanol–water partition coefficient (Wildman–Crippen LogP) is -0.0949. The molecule has 0 fully saturated rings. The number of aromatic nitrogens is 2. The van der Waals surface area contributed by atoms with Crippen LogP contribution in [0, 0.1) is 13.8 Å². The smallest absolute Gasteiger partial charge is 1.00 e. The average molecular weight is 532 g/mol. The fourth-order valence-electron chi connectivity index (χ4n) is 3.41. The van der Waals surface area contributed by atoms with E-state index in [1.807, 2.05) is 80.6 Å². The molecule has 0 saturated carbocycles. The third kappa shape index (κ3) is 6.34. The molecule has 0 spiro atoms. The van der Waals surface area contributed by atoms with Crippen molar-refractivity contribution in [3.05, 3.63) is 114 Å². The van der Waals surface area contributed by atoms with Crippen LogP contribution in [-0.4, -0.2) is 15.8 Å². The SMILES string of the molecule is Cc1cccc(C)c1N.O=C(c1ccccc1)c1ccc2ccc3cccnc3c2n1.[Cl-].[Cl-].[Fe+2]. The van der Waals surface area contributed by atoms with Gasteiger partial charge in [0.05, 0.1) is 11.0 Å². The van der Waals surface area contributed by atoms with Crippen molar-refractivity contribution in [3.63, 3.8) is 0 Å². The van der Waals surface area contributed by atoms with Crippen LogP contribution in [0.1, 0.15) is 27.2 Å². The molecule has 7 heteroatoms. The van der Waals surface area contributed by atoms with Gasteiger partial charge in [0.1, 0.15) is 5.69 Å². The molecule has 2 N–H and O–H groups in total. The number of benzene rings is 3. The number of nitrogens with two attached hydrogens (primary N) is 1. The Bertz CT molecular complexity index is 1370. The van der Waals surface area contributed by atoms with Crippen molar-refractivity contribution in [2.24, 2.45) is 0 Å². The Hall–Kier alpha value is -2.95. The van der Waals surface area contributed by atoms with Crippen LogP contribution < -0.4 is 30.5 Å². The van der Waals surface area contributed by atoms with Crippen molar-refractivity contribution < 1.29 is 46.7 Å². The molecule has 2 aromatic heterocycles. The topological polar surface area (TPSA) is 68.9 Å². The number of aryl methyl sites for hydroxylation is 2. The molecule has 0 unspecified atom stereocenters. The van der Waals surface area contributed by atoms with Gasteiger partial charge in [0, 0.05) is 28.2 Å². The first-order valence-corrected chi connectivity index (χ1v) is 10.1. The number of hydrogen-bond acceptors (Lipinski definition) is 4. The Balaban J connectivity index is 0.000000415. The van der Waals surface area contributed by atoms with E-state index in [2.05, 4.69) is 9.97 Å². The summed E-state index contributed by atoms with van der Waals surface area (Å²) in [6.45, 7) is 4.03. The van der Waals surface area contributed by atoms with E-state index >= 15 is 0 Å². The fourth-order valence-corrected chi connectivity index (χ4v) is 3.41. The molecule has 0 amide bonds. The number of nitrogens with zero attached hydrogens (tertiary/aromatic N) is 2. The summed E-state index contributed by atoms with van der Waals surface area (Å²) in [5.74, 6) is -0.0737. The molecule has 0 bridgehead atoms. The first kappa shape index (κ1) is 29.1. The molecule has 0 atom stereocenters. The van der Waals surface area contributed by atoms with Crippen molar-refractivity contribution in [1.82, 2.24) is 9.97 Å². The zero-order valence-corrected chi connectivity index (χ0v) is 21.3. The Morgan fingerprint density at radius 3 is 1.91 bits per heavy atom. The maximum atomic E-state index is 12.5. The number of nitrogen functional groups attached to an aromatic ring is 1.